The molecule has 0 radical (unpaired) electrons. The van der Waals surface area contributed by atoms with Crippen molar-refractivity contribution < 1.29 is 0 Å². The predicted molar refractivity (Wildman–Crippen MR) is 51.9 cm³/mol. The van der Waals surface area contributed by atoms with Crippen molar-refractivity contribution in [2.24, 2.45) is 5.73 Å². The Balaban J connectivity index is 2.65. The van der Waals surface area contributed by atoms with Crippen LogP contribution in [0.1, 0.15) is 11.8 Å². The Morgan fingerprint density at radius 3 is 3.09 bits per heavy atom. The first-order chi connectivity index (χ1) is 5.22. The van der Waals surface area contributed by atoms with Gasteiger partial charge in [0.25, 0.3) is 0 Å². The van der Waals surface area contributed by atoms with E-state index in [-0.39, 0.29) is 5.11 Å². The highest BCUT2D eigenvalue weighted by Crippen LogP contribution is 2.17. The highest BCUT2D eigenvalue weighted by Gasteiger charge is 1.98. The molecule has 3 nitrogen and oxygen atoms in total. The van der Waals surface area contributed by atoms with Crippen molar-refractivity contribution in [2.45, 2.75) is 13.3 Å². The lowest BCUT2D eigenvalue weighted by atomic mass is 10.4. The van der Waals surface area contributed by atoms with Crippen LogP contribution in [0.5, 0.6) is 0 Å². The molecule has 0 spiro atoms. The molecule has 0 aliphatic heterocycles. The van der Waals surface area contributed by atoms with E-state index in [9.17, 15) is 0 Å². The average Bonchev–Trinajstić information content (AvgIpc) is 2.34. The van der Waals surface area contributed by atoms with Gasteiger partial charge in [-0.25, -0.2) is 4.98 Å². The number of nitrogens with one attached hydrogen (secondary N) is 1. The zero-order chi connectivity index (χ0) is 8.27. The molecule has 0 saturated heterocycles. The maximum atomic E-state index is 5.26. The minimum absolute atomic E-state index is 0.266. The maximum Gasteiger partial charge on any atom is 0.189 e. The van der Waals surface area contributed by atoms with Gasteiger partial charge in [-0.1, -0.05) is 6.92 Å². The third kappa shape index (κ3) is 2.44. The molecule has 60 valence electrons. The zero-order valence-corrected chi connectivity index (χ0v) is 7.76. The fourth-order valence-corrected chi connectivity index (χ4v) is 1.56. The number of aryl methyl sites for hydroxylation is 1. The van der Waals surface area contributed by atoms with Gasteiger partial charge in [-0.05, 0) is 18.6 Å². The lowest BCUT2D eigenvalue weighted by Gasteiger charge is -1.94. The van der Waals surface area contributed by atoms with Crippen molar-refractivity contribution in [3.8, 4) is 0 Å². The summed E-state index contributed by atoms with van der Waals surface area (Å²) < 4.78 is 0. The minimum atomic E-state index is 0.266. The van der Waals surface area contributed by atoms with Gasteiger partial charge in [0.15, 0.2) is 10.2 Å². The number of rotatable bonds is 2. The third-order valence-corrected chi connectivity index (χ3v) is 2.29. The molecule has 0 bridgehead atoms. The van der Waals surface area contributed by atoms with E-state index < -0.39 is 0 Å². The van der Waals surface area contributed by atoms with Gasteiger partial charge in [-0.2, -0.15) is 0 Å². The fourth-order valence-electron chi connectivity index (χ4n) is 0.634. The number of aromatic nitrogens is 1. The second kappa shape index (κ2) is 3.64. The van der Waals surface area contributed by atoms with Crippen molar-refractivity contribution in [2.75, 3.05) is 5.32 Å². The summed E-state index contributed by atoms with van der Waals surface area (Å²) in [5.41, 5.74) is 5.26. The standard InChI is InChI=1S/C6H9N3S2/c1-2-4-3-8-6(11-4)9-5(7)10/h3H,2H2,1H3,(H3,7,8,9,10). The van der Waals surface area contributed by atoms with E-state index in [0.717, 1.165) is 11.6 Å². The van der Waals surface area contributed by atoms with Gasteiger partial charge >= 0.3 is 0 Å². The number of nitrogens with two attached hydrogens (primary N) is 1. The van der Waals surface area contributed by atoms with Crippen molar-refractivity contribution in [3.63, 3.8) is 0 Å². The van der Waals surface area contributed by atoms with Crippen LogP contribution >= 0.6 is 23.6 Å². The summed E-state index contributed by atoms with van der Waals surface area (Å²) in [4.78, 5) is 5.29. The third-order valence-electron chi connectivity index (χ3n) is 1.13. The molecule has 0 unspecified atom stereocenters. The van der Waals surface area contributed by atoms with Gasteiger partial charge in [0.1, 0.15) is 0 Å². The number of nitrogens with zero attached hydrogens (tertiary/aromatic N) is 1. The Morgan fingerprint density at radius 1 is 1.91 bits per heavy atom. The van der Waals surface area contributed by atoms with Crippen LogP contribution in [-0.2, 0) is 6.42 Å². The van der Waals surface area contributed by atoms with E-state index in [4.69, 9.17) is 5.73 Å². The Morgan fingerprint density at radius 2 is 2.64 bits per heavy atom. The molecule has 0 aliphatic rings. The van der Waals surface area contributed by atoms with Crippen LogP contribution in [0.15, 0.2) is 6.20 Å². The van der Waals surface area contributed by atoms with Gasteiger partial charge in [0, 0.05) is 11.1 Å². The van der Waals surface area contributed by atoms with Gasteiger partial charge in [0.05, 0.1) is 0 Å². The van der Waals surface area contributed by atoms with Crippen LogP contribution in [0.4, 0.5) is 5.13 Å². The molecule has 1 aromatic rings. The smallest absolute Gasteiger partial charge is 0.189 e. The molecule has 0 amide bonds. The monoisotopic (exact) mass is 187 g/mol. The van der Waals surface area contributed by atoms with Crippen LogP contribution in [0.2, 0.25) is 0 Å². The summed E-state index contributed by atoms with van der Waals surface area (Å²) in [5.74, 6) is 0. The fraction of sp³-hybridized carbons (Fsp3) is 0.333. The van der Waals surface area contributed by atoms with Gasteiger partial charge in [-0.15, -0.1) is 11.3 Å². The quantitative estimate of drug-likeness (QED) is 0.686. The summed E-state index contributed by atoms with van der Waals surface area (Å²) in [6.07, 6.45) is 2.82. The second-order valence-electron chi connectivity index (χ2n) is 1.97. The summed E-state index contributed by atoms with van der Waals surface area (Å²) in [6.45, 7) is 2.08. The lowest BCUT2D eigenvalue weighted by Crippen LogP contribution is -2.18. The Kier molecular flexibility index (Phi) is 2.78. The topological polar surface area (TPSA) is 50.9 Å². The largest absolute Gasteiger partial charge is 0.376 e. The zero-order valence-electron chi connectivity index (χ0n) is 6.13. The van der Waals surface area contributed by atoms with Crippen LogP contribution in [0, 0.1) is 0 Å². The molecule has 0 fully saturated rings. The normalized spacial score (nSPS) is 9.55. The van der Waals surface area contributed by atoms with Crippen molar-refractivity contribution in [3.05, 3.63) is 11.1 Å². The summed E-state index contributed by atoms with van der Waals surface area (Å²) in [5, 5.41) is 3.81. The first kappa shape index (κ1) is 8.42. The number of thiazole rings is 1. The van der Waals surface area contributed by atoms with Crippen LogP contribution in [0.25, 0.3) is 0 Å². The highest BCUT2D eigenvalue weighted by atomic mass is 32.1. The van der Waals surface area contributed by atoms with Crippen LogP contribution in [0.3, 0.4) is 0 Å². The minimum Gasteiger partial charge on any atom is -0.376 e. The Hall–Kier alpha value is -0.680. The van der Waals surface area contributed by atoms with Crippen LogP contribution in [-0.4, -0.2) is 10.1 Å². The molecule has 5 heteroatoms. The molecule has 1 heterocycles. The highest BCUT2D eigenvalue weighted by molar-refractivity contribution is 7.80. The van der Waals surface area contributed by atoms with E-state index in [2.05, 4.69) is 29.4 Å². The molecule has 11 heavy (non-hydrogen) atoms. The summed E-state index contributed by atoms with van der Waals surface area (Å²) in [6, 6.07) is 0. The molecule has 0 aliphatic carbocycles. The summed E-state index contributed by atoms with van der Waals surface area (Å²) >= 11 is 6.23. The van der Waals surface area contributed by atoms with Gasteiger partial charge < -0.3 is 11.1 Å². The predicted octanol–water partition coefficient (Wildman–Crippen LogP) is 1.36. The SMILES string of the molecule is CCc1cnc(NC(N)=S)s1. The van der Waals surface area contributed by atoms with Crippen LogP contribution < -0.4 is 11.1 Å². The molecule has 0 aromatic carbocycles. The number of anilines is 1. The van der Waals surface area contributed by atoms with Crippen molar-refractivity contribution in [1.82, 2.24) is 4.98 Å². The van der Waals surface area contributed by atoms with E-state index in [0.29, 0.717) is 0 Å². The van der Waals surface area contributed by atoms with E-state index in [1.807, 2.05) is 6.20 Å². The first-order valence-corrected chi connectivity index (χ1v) is 4.46. The lowest BCUT2D eigenvalue weighted by molar-refractivity contribution is 1.17. The number of hydrogen-bond donors (Lipinski definition) is 2. The Labute approximate surface area is 74.6 Å². The number of thiocarbonyl (C=S) groups is 1. The molecular weight excluding hydrogens is 178 g/mol. The molecule has 3 N–H and O–H groups in total. The second-order valence-corrected chi connectivity index (χ2v) is 3.53. The van der Waals surface area contributed by atoms with E-state index in [1.165, 1.54) is 4.88 Å². The molecule has 0 atom stereocenters. The first-order valence-electron chi connectivity index (χ1n) is 3.23. The molecule has 0 saturated carbocycles. The van der Waals surface area contributed by atoms with Crippen molar-refractivity contribution >= 4 is 33.8 Å². The van der Waals surface area contributed by atoms with E-state index >= 15 is 0 Å². The molecule has 1 aromatic heterocycles. The molecular formula is C6H9N3S2. The van der Waals surface area contributed by atoms with E-state index in [1.54, 1.807) is 11.3 Å². The average molecular weight is 187 g/mol. The van der Waals surface area contributed by atoms with Gasteiger partial charge in [-0.3, -0.25) is 0 Å². The Bertz CT molecular complexity index is 256. The maximum absolute atomic E-state index is 5.26. The van der Waals surface area contributed by atoms with Gasteiger partial charge in [0.2, 0.25) is 0 Å². The van der Waals surface area contributed by atoms with Crippen molar-refractivity contribution in [1.29, 1.82) is 0 Å². The number of hydrogen-bond acceptors (Lipinski definition) is 3. The molecule has 1 rings (SSSR count). The summed E-state index contributed by atoms with van der Waals surface area (Å²) in [7, 11) is 0.